The van der Waals surface area contributed by atoms with Crippen molar-refractivity contribution in [1.29, 1.82) is 5.26 Å². The number of rotatable bonds is 3. The molecule has 0 aliphatic heterocycles. The third-order valence-electron chi connectivity index (χ3n) is 2.89. The molecule has 0 aliphatic rings. The summed E-state index contributed by atoms with van der Waals surface area (Å²) in [5.74, 6) is 0. The van der Waals surface area contributed by atoms with E-state index < -0.39 is 16.1 Å². The molecule has 17 heavy (non-hydrogen) atoms. The lowest BCUT2D eigenvalue weighted by atomic mass is 10.1. The molecule has 1 rings (SSSR count). The summed E-state index contributed by atoms with van der Waals surface area (Å²) in [5, 5.41) is 8.76. The number of nitriles is 1. The van der Waals surface area contributed by atoms with Crippen LogP contribution in [-0.2, 0) is 10.0 Å². The van der Waals surface area contributed by atoms with E-state index in [0.717, 1.165) is 15.4 Å². The number of hydrogen-bond acceptors (Lipinski definition) is 3. The van der Waals surface area contributed by atoms with Crippen molar-refractivity contribution < 1.29 is 8.42 Å². The van der Waals surface area contributed by atoms with Gasteiger partial charge in [-0.3, -0.25) is 0 Å². The molecular formula is C12H16N2O2S. The second-order valence-electron chi connectivity index (χ2n) is 4.07. The van der Waals surface area contributed by atoms with Crippen LogP contribution in [0.1, 0.15) is 18.1 Å². The summed E-state index contributed by atoms with van der Waals surface area (Å²) in [5.41, 5.74) is 1.96. The smallest absolute Gasteiger partial charge is 0.207 e. The van der Waals surface area contributed by atoms with Gasteiger partial charge in [-0.25, -0.2) is 8.42 Å². The standard InChI is InChI=1S/C12H16N2O2S/c1-9-5-6-12(7-10(9)2)17(15,16)14(4)11(3)8-13/h5-7,11H,1-4H3. The molecule has 0 aromatic heterocycles. The predicted octanol–water partition coefficient (Wildman–Crippen LogP) is 1.84. The highest BCUT2D eigenvalue weighted by Crippen LogP contribution is 2.19. The summed E-state index contributed by atoms with van der Waals surface area (Å²) in [6.45, 7) is 5.34. The van der Waals surface area contributed by atoms with Crippen LogP contribution in [0.25, 0.3) is 0 Å². The van der Waals surface area contributed by atoms with Crippen LogP contribution < -0.4 is 0 Å². The molecule has 0 saturated carbocycles. The molecule has 1 aromatic rings. The first kappa shape index (κ1) is 13.7. The van der Waals surface area contributed by atoms with Crippen LogP contribution in [0, 0.1) is 25.2 Å². The SMILES string of the molecule is Cc1ccc(S(=O)(=O)N(C)C(C)C#N)cc1C. The van der Waals surface area contributed by atoms with E-state index in [2.05, 4.69) is 0 Å². The largest absolute Gasteiger partial charge is 0.244 e. The summed E-state index contributed by atoms with van der Waals surface area (Å²) in [6, 6.07) is 6.20. The molecule has 0 spiro atoms. The van der Waals surface area contributed by atoms with E-state index in [9.17, 15) is 8.42 Å². The molecule has 0 N–H and O–H groups in total. The van der Waals surface area contributed by atoms with Gasteiger partial charge < -0.3 is 0 Å². The van der Waals surface area contributed by atoms with Gasteiger partial charge in [-0.15, -0.1) is 0 Å². The van der Waals surface area contributed by atoms with Gasteiger partial charge in [-0.05, 0) is 44.0 Å². The molecule has 0 fully saturated rings. The summed E-state index contributed by atoms with van der Waals surface area (Å²) in [4.78, 5) is 0.227. The molecule has 0 radical (unpaired) electrons. The van der Waals surface area contributed by atoms with Crippen LogP contribution in [0.5, 0.6) is 0 Å². The Kier molecular flexibility index (Phi) is 3.91. The third kappa shape index (κ3) is 2.65. The summed E-state index contributed by atoms with van der Waals surface area (Å²) >= 11 is 0. The van der Waals surface area contributed by atoms with Crippen molar-refractivity contribution in [3.63, 3.8) is 0 Å². The van der Waals surface area contributed by atoms with Crippen LogP contribution in [0.4, 0.5) is 0 Å². The highest BCUT2D eigenvalue weighted by Gasteiger charge is 2.25. The highest BCUT2D eigenvalue weighted by molar-refractivity contribution is 7.89. The van der Waals surface area contributed by atoms with Gasteiger partial charge >= 0.3 is 0 Å². The lowest BCUT2D eigenvalue weighted by Gasteiger charge is -2.19. The maximum absolute atomic E-state index is 12.2. The Labute approximate surface area is 103 Å². The number of hydrogen-bond donors (Lipinski definition) is 0. The van der Waals surface area contributed by atoms with E-state index in [4.69, 9.17) is 5.26 Å². The first-order valence-electron chi connectivity index (χ1n) is 5.25. The second kappa shape index (κ2) is 4.86. The summed E-state index contributed by atoms with van der Waals surface area (Å²) in [6.07, 6.45) is 0. The first-order chi connectivity index (χ1) is 7.80. The Morgan fingerprint density at radius 3 is 2.35 bits per heavy atom. The number of benzene rings is 1. The monoisotopic (exact) mass is 252 g/mol. The van der Waals surface area contributed by atoms with Crippen molar-refractivity contribution in [2.45, 2.75) is 31.7 Å². The molecular weight excluding hydrogens is 236 g/mol. The molecule has 5 heteroatoms. The Morgan fingerprint density at radius 2 is 1.88 bits per heavy atom. The zero-order valence-electron chi connectivity index (χ0n) is 10.4. The summed E-state index contributed by atoms with van der Waals surface area (Å²) < 4.78 is 25.4. The van der Waals surface area contributed by atoms with E-state index >= 15 is 0 Å². The Balaban J connectivity index is 3.23. The molecule has 0 aliphatic carbocycles. The van der Waals surface area contributed by atoms with E-state index in [-0.39, 0.29) is 4.90 Å². The van der Waals surface area contributed by atoms with Crippen molar-refractivity contribution in [3.05, 3.63) is 29.3 Å². The number of sulfonamides is 1. The van der Waals surface area contributed by atoms with Gasteiger partial charge in [-0.1, -0.05) is 6.07 Å². The van der Waals surface area contributed by atoms with Crippen LogP contribution in [0.3, 0.4) is 0 Å². The minimum absolute atomic E-state index is 0.227. The molecule has 92 valence electrons. The van der Waals surface area contributed by atoms with Crippen molar-refractivity contribution >= 4 is 10.0 Å². The van der Waals surface area contributed by atoms with Gasteiger partial charge in [0.05, 0.1) is 11.0 Å². The van der Waals surface area contributed by atoms with Crippen molar-refractivity contribution in [3.8, 4) is 6.07 Å². The molecule has 4 nitrogen and oxygen atoms in total. The lowest BCUT2D eigenvalue weighted by Crippen LogP contribution is -2.34. The van der Waals surface area contributed by atoms with Crippen molar-refractivity contribution in [2.75, 3.05) is 7.05 Å². The normalized spacial score (nSPS) is 13.4. The highest BCUT2D eigenvalue weighted by atomic mass is 32.2. The van der Waals surface area contributed by atoms with Gasteiger partial charge in [0, 0.05) is 7.05 Å². The zero-order chi connectivity index (χ0) is 13.2. The average molecular weight is 252 g/mol. The minimum Gasteiger partial charge on any atom is -0.207 e. The van der Waals surface area contributed by atoms with Gasteiger partial charge in [-0.2, -0.15) is 9.57 Å². The van der Waals surface area contributed by atoms with Gasteiger partial charge in [0.15, 0.2) is 0 Å². The maximum atomic E-state index is 12.2. The molecule has 1 atom stereocenters. The first-order valence-corrected chi connectivity index (χ1v) is 6.69. The van der Waals surface area contributed by atoms with Crippen LogP contribution >= 0.6 is 0 Å². The minimum atomic E-state index is -3.58. The van der Waals surface area contributed by atoms with Crippen LogP contribution in [-0.4, -0.2) is 25.8 Å². The van der Waals surface area contributed by atoms with Crippen LogP contribution in [0.2, 0.25) is 0 Å². The fourth-order valence-electron chi connectivity index (χ4n) is 1.33. The number of nitrogens with zero attached hydrogens (tertiary/aromatic N) is 2. The van der Waals surface area contributed by atoms with Gasteiger partial charge in [0.25, 0.3) is 0 Å². The maximum Gasteiger partial charge on any atom is 0.244 e. The topological polar surface area (TPSA) is 61.2 Å². The van der Waals surface area contributed by atoms with E-state index in [1.54, 1.807) is 25.1 Å². The molecule has 0 amide bonds. The Morgan fingerprint density at radius 1 is 1.29 bits per heavy atom. The number of aryl methyl sites for hydroxylation is 2. The van der Waals surface area contributed by atoms with E-state index in [0.29, 0.717) is 0 Å². The second-order valence-corrected chi connectivity index (χ2v) is 6.07. The Hall–Kier alpha value is -1.38. The fraction of sp³-hybridized carbons (Fsp3) is 0.417. The molecule has 0 bridgehead atoms. The quantitative estimate of drug-likeness (QED) is 0.824. The predicted molar refractivity (Wildman–Crippen MR) is 65.9 cm³/mol. The summed E-state index contributed by atoms with van der Waals surface area (Å²) in [7, 11) is -2.16. The fourth-order valence-corrected chi connectivity index (χ4v) is 2.69. The zero-order valence-corrected chi connectivity index (χ0v) is 11.2. The van der Waals surface area contributed by atoms with E-state index in [1.807, 2.05) is 19.9 Å². The average Bonchev–Trinajstić information content (AvgIpc) is 2.30. The van der Waals surface area contributed by atoms with Gasteiger partial charge in [0.2, 0.25) is 10.0 Å². The third-order valence-corrected chi connectivity index (χ3v) is 4.81. The molecule has 1 aromatic carbocycles. The van der Waals surface area contributed by atoms with Crippen LogP contribution in [0.15, 0.2) is 23.1 Å². The van der Waals surface area contributed by atoms with Gasteiger partial charge in [0.1, 0.15) is 6.04 Å². The van der Waals surface area contributed by atoms with Crippen molar-refractivity contribution in [1.82, 2.24) is 4.31 Å². The van der Waals surface area contributed by atoms with Crippen molar-refractivity contribution in [2.24, 2.45) is 0 Å². The molecule has 1 unspecified atom stereocenters. The van der Waals surface area contributed by atoms with E-state index in [1.165, 1.54) is 7.05 Å². The molecule has 0 saturated heterocycles. The Bertz CT molecular complexity index is 558. The molecule has 0 heterocycles. The lowest BCUT2D eigenvalue weighted by molar-refractivity contribution is 0.442.